The summed E-state index contributed by atoms with van der Waals surface area (Å²) in [6.45, 7) is 1.36. The van der Waals surface area contributed by atoms with Crippen LogP contribution >= 0.6 is 0 Å². The number of halogens is 1. The zero-order valence-corrected chi connectivity index (χ0v) is 16.5. The Labute approximate surface area is 169 Å². The molecule has 0 aliphatic carbocycles. The van der Waals surface area contributed by atoms with E-state index in [1.54, 1.807) is 17.0 Å². The number of hydrogen-bond donors (Lipinski definition) is 1. The number of aryl methyl sites for hydroxylation is 1. The van der Waals surface area contributed by atoms with Crippen LogP contribution in [0, 0.1) is 5.82 Å². The lowest BCUT2D eigenvalue weighted by Gasteiger charge is -2.20. The van der Waals surface area contributed by atoms with E-state index < -0.39 is 11.7 Å². The first-order chi connectivity index (χ1) is 14.1. The van der Waals surface area contributed by atoms with E-state index in [9.17, 15) is 14.0 Å². The molecule has 4 rings (SSSR count). The molecule has 8 heteroatoms. The van der Waals surface area contributed by atoms with E-state index >= 15 is 0 Å². The molecule has 1 N–H and O–H groups in total. The molecule has 2 aliphatic heterocycles. The van der Waals surface area contributed by atoms with Crippen molar-refractivity contribution >= 4 is 17.5 Å². The summed E-state index contributed by atoms with van der Waals surface area (Å²) in [4.78, 5) is 26.1. The molecule has 0 spiro atoms. The van der Waals surface area contributed by atoms with Crippen molar-refractivity contribution < 1.29 is 14.0 Å². The quantitative estimate of drug-likeness (QED) is 0.857. The van der Waals surface area contributed by atoms with E-state index in [1.165, 1.54) is 6.07 Å². The van der Waals surface area contributed by atoms with Crippen LogP contribution in [0.5, 0.6) is 0 Å². The number of likely N-dealkylation sites (tertiary alicyclic amines) is 1. The highest BCUT2D eigenvalue weighted by Crippen LogP contribution is 2.26. The molecule has 0 unspecified atom stereocenters. The first-order valence-electron chi connectivity index (χ1n) is 10.4. The Bertz CT molecular complexity index is 910. The Morgan fingerprint density at radius 3 is 2.69 bits per heavy atom. The Hall–Kier alpha value is -2.77. The fourth-order valence-corrected chi connectivity index (χ4v) is 4.03. The van der Waals surface area contributed by atoms with Crippen molar-refractivity contribution in [2.75, 3.05) is 18.4 Å². The minimum absolute atomic E-state index is 0.0157. The van der Waals surface area contributed by atoms with Crippen molar-refractivity contribution in [2.24, 2.45) is 0 Å². The lowest BCUT2D eigenvalue weighted by molar-refractivity contribution is -0.134. The van der Waals surface area contributed by atoms with Gasteiger partial charge in [-0.15, -0.1) is 10.2 Å². The van der Waals surface area contributed by atoms with Gasteiger partial charge in [0.15, 0.2) is 5.82 Å². The number of carbonyl (C=O) groups excluding carboxylic acids is 2. The van der Waals surface area contributed by atoms with Gasteiger partial charge in [0, 0.05) is 31.5 Å². The number of nitrogens with zero attached hydrogens (tertiary/aromatic N) is 4. The van der Waals surface area contributed by atoms with E-state index in [4.69, 9.17) is 0 Å². The van der Waals surface area contributed by atoms with Gasteiger partial charge in [0.2, 0.25) is 11.8 Å². The number of benzene rings is 1. The van der Waals surface area contributed by atoms with Crippen LogP contribution in [-0.2, 0) is 22.6 Å². The van der Waals surface area contributed by atoms with Gasteiger partial charge in [-0.25, -0.2) is 4.39 Å². The van der Waals surface area contributed by atoms with E-state index in [-0.39, 0.29) is 18.1 Å². The van der Waals surface area contributed by atoms with Gasteiger partial charge in [-0.1, -0.05) is 12.8 Å². The predicted octanol–water partition coefficient (Wildman–Crippen LogP) is 3.15. The van der Waals surface area contributed by atoms with Crippen LogP contribution in [0.2, 0.25) is 0 Å². The molecule has 154 valence electrons. The van der Waals surface area contributed by atoms with Crippen molar-refractivity contribution in [3.63, 3.8) is 0 Å². The number of hydrogen-bond acceptors (Lipinski definition) is 4. The fourth-order valence-electron chi connectivity index (χ4n) is 4.03. The molecule has 1 aromatic heterocycles. The summed E-state index contributed by atoms with van der Waals surface area (Å²) >= 11 is 0. The minimum atomic E-state index is -0.514. The van der Waals surface area contributed by atoms with Gasteiger partial charge in [0.05, 0.1) is 12.2 Å². The highest BCUT2D eigenvalue weighted by Gasteiger charge is 2.21. The van der Waals surface area contributed by atoms with Gasteiger partial charge in [-0.3, -0.25) is 9.59 Å². The first-order valence-corrected chi connectivity index (χ1v) is 10.4. The monoisotopic (exact) mass is 399 g/mol. The number of anilines is 1. The second-order valence-electron chi connectivity index (χ2n) is 7.77. The molecule has 0 atom stereocenters. The van der Waals surface area contributed by atoms with Gasteiger partial charge >= 0.3 is 0 Å². The molecular formula is C21H26FN5O2. The van der Waals surface area contributed by atoms with Crippen molar-refractivity contribution in [1.29, 1.82) is 0 Å². The van der Waals surface area contributed by atoms with Crippen LogP contribution in [0.4, 0.5) is 10.1 Å². The molecule has 2 aromatic rings. The number of carbonyl (C=O) groups is 2. The number of fused-ring (bicyclic) bond motifs is 1. The summed E-state index contributed by atoms with van der Waals surface area (Å²) in [5.74, 6) is 0.724. The normalized spacial score (nSPS) is 17.4. The molecule has 7 nitrogen and oxygen atoms in total. The highest BCUT2D eigenvalue weighted by molar-refractivity contribution is 5.95. The first kappa shape index (κ1) is 19.5. The summed E-state index contributed by atoms with van der Waals surface area (Å²) < 4.78 is 16.4. The van der Waals surface area contributed by atoms with Crippen molar-refractivity contribution in [3.05, 3.63) is 29.8 Å². The Morgan fingerprint density at radius 2 is 1.83 bits per heavy atom. The molecule has 1 fully saturated rings. The van der Waals surface area contributed by atoms with Crippen molar-refractivity contribution in [1.82, 2.24) is 19.7 Å². The van der Waals surface area contributed by atoms with E-state index in [0.717, 1.165) is 57.3 Å². The van der Waals surface area contributed by atoms with Crippen molar-refractivity contribution in [3.8, 4) is 11.4 Å². The van der Waals surface area contributed by atoms with Crippen LogP contribution in [0.1, 0.15) is 50.8 Å². The number of rotatable bonds is 4. The molecule has 2 aliphatic rings. The molecule has 29 heavy (non-hydrogen) atoms. The number of nitrogens with one attached hydrogen (secondary N) is 1. The SMILES string of the molecule is O=C(CN1CCCCCC1=O)Nc1cc(-c2nnc3n2CCCCC3)ccc1F. The van der Waals surface area contributed by atoms with E-state index in [2.05, 4.69) is 20.1 Å². The molecule has 0 radical (unpaired) electrons. The molecule has 3 heterocycles. The largest absolute Gasteiger partial charge is 0.333 e. The van der Waals surface area contributed by atoms with Gasteiger partial charge in [0.1, 0.15) is 11.6 Å². The zero-order chi connectivity index (χ0) is 20.2. The molecule has 1 aromatic carbocycles. The van der Waals surface area contributed by atoms with Crippen LogP contribution in [0.25, 0.3) is 11.4 Å². The lowest BCUT2D eigenvalue weighted by Crippen LogP contribution is -2.37. The third-order valence-electron chi connectivity index (χ3n) is 5.61. The second kappa shape index (κ2) is 8.71. The topological polar surface area (TPSA) is 80.1 Å². The summed E-state index contributed by atoms with van der Waals surface area (Å²) in [5.41, 5.74) is 0.814. The maximum atomic E-state index is 14.4. The maximum absolute atomic E-state index is 14.4. The van der Waals surface area contributed by atoms with Crippen LogP contribution in [-0.4, -0.2) is 44.6 Å². The smallest absolute Gasteiger partial charge is 0.244 e. The van der Waals surface area contributed by atoms with Crippen LogP contribution in [0.3, 0.4) is 0 Å². The average molecular weight is 399 g/mol. The molecule has 0 bridgehead atoms. The minimum Gasteiger partial charge on any atom is -0.333 e. The van der Waals surface area contributed by atoms with E-state index in [0.29, 0.717) is 24.4 Å². The average Bonchev–Trinajstić information content (AvgIpc) is 2.84. The van der Waals surface area contributed by atoms with E-state index in [1.807, 2.05) is 0 Å². The Kier molecular flexibility index (Phi) is 5.87. The number of aromatic nitrogens is 3. The van der Waals surface area contributed by atoms with Gasteiger partial charge < -0.3 is 14.8 Å². The summed E-state index contributed by atoms with van der Waals surface area (Å²) in [6.07, 6.45) is 7.41. The summed E-state index contributed by atoms with van der Waals surface area (Å²) in [6, 6.07) is 4.59. The number of amides is 2. The second-order valence-corrected chi connectivity index (χ2v) is 7.77. The zero-order valence-electron chi connectivity index (χ0n) is 16.5. The third-order valence-corrected chi connectivity index (χ3v) is 5.61. The maximum Gasteiger partial charge on any atom is 0.244 e. The Balaban J connectivity index is 1.51. The van der Waals surface area contributed by atoms with Gasteiger partial charge in [0.25, 0.3) is 0 Å². The molecule has 0 saturated carbocycles. The van der Waals surface area contributed by atoms with Crippen LogP contribution < -0.4 is 5.32 Å². The molecule has 2 amide bonds. The fraction of sp³-hybridized carbons (Fsp3) is 0.524. The summed E-state index contributed by atoms with van der Waals surface area (Å²) in [5, 5.41) is 11.2. The molecular weight excluding hydrogens is 373 g/mol. The highest BCUT2D eigenvalue weighted by atomic mass is 19.1. The molecule has 1 saturated heterocycles. The summed E-state index contributed by atoms with van der Waals surface area (Å²) in [7, 11) is 0. The predicted molar refractivity (Wildman–Crippen MR) is 107 cm³/mol. The standard InChI is InChI=1S/C21H26FN5O2/c22-16-10-9-15(21-25-24-18-7-3-1-6-12-27(18)21)13-17(16)23-19(28)14-26-11-5-2-4-8-20(26)29/h9-10,13H,1-8,11-12,14H2,(H,23,28). The lowest BCUT2D eigenvalue weighted by atomic mass is 10.1. The van der Waals surface area contributed by atoms with Crippen molar-refractivity contribution in [2.45, 2.75) is 57.9 Å². The Morgan fingerprint density at radius 1 is 1.03 bits per heavy atom. The van der Waals surface area contributed by atoms with Gasteiger partial charge in [-0.05, 0) is 43.9 Å². The van der Waals surface area contributed by atoms with Crippen LogP contribution in [0.15, 0.2) is 18.2 Å². The van der Waals surface area contributed by atoms with Gasteiger partial charge in [-0.2, -0.15) is 0 Å². The third kappa shape index (κ3) is 4.46.